The lowest BCUT2D eigenvalue weighted by Gasteiger charge is -2.45. The zero-order valence-electron chi connectivity index (χ0n) is 23.5. The first-order valence-corrected chi connectivity index (χ1v) is 16.9. The average Bonchev–Trinajstić information content (AvgIpc) is 3.06. The summed E-state index contributed by atoms with van der Waals surface area (Å²) in [6.07, 6.45) is 9.33. The van der Waals surface area contributed by atoms with Crippen LogP contribution in [0.4, 0.5) is 5.69 Å². The maximum Gasteiger partial charge on any atom is 0.264 e. The first-order chi connectivity index (χ1) is 19.7. The van der Waals surface area contributed by atoms with Crippen LogP contribution >= 0.6 is 11.6 Å². The van der Waals surface area contributed by atoms with E-state index < -0.39 is 22.0 Å². The van der Waals surface area contributed by atoms with Crippen molar-refractivity contribution in [3.8, 4) is 5.75 Å². The van der Waals surface area contributed by atoms with Crippen LogP contribution < -0.4 is 14.4 Å². The number of amides is 1. The lowest BCUT2D eigenvalue weighted by atomic mass is 9.68. The van der Waals surface area contributed by atoms with E-state index in [-0.39, 0.29) is 28.6 Å². The molecular weight excluding hydrogens is 560 g/mol. The Bertz CT molecular complexity index is 1460. The number of sulfonamides is 1. The molecule has 5 atom stereocenters. The van der Waals surface area contributed by atoms with E-state index in [4.69, 9.17) is 16.3 Å². The number of aliphatic hydroxyl groups is 1. The first-order valence-electron chi connectivity index (χ1n) is 14.9. The number of hydrogen-bond donors (Lipinski definition) is 2. The molecule has 6 rings (SSSR count). The Morgan fingerprint density at radius 3 is 2.83 bits per heavy atom. The molecule has 1 saturated carbocycles. The molecule has 2 aliphatic heterocycles. The van der Waals surface area contributed by atoms with E-state index in [2.05, 4.69) is 21.8 Å². The maximum absolute atomic E-state index is 13.2. The monoisotopic (exact) mass is 598 g/mol. The molecule has 0 saturated heterocycles. The van der Waals surface area contributed by atoms with Gasteiger partial charge in [0.1, 0.15) is 5.75 Å². The van der Waals surface area contributed by atoms with Crippen LogP contribution in [0.1, 0.15) is 66.9 Å². The van der Waals surface area contributed by atoms with Gasteiger partial charge in [-0.3, -0.25) is 4.79 Å². The standard InChI is InChI=1S/C32H39ClN2O5S/c1-2-21-5-3-7-29(36)26-11-8-24(26)17-35-19-32(14-4-6-22-15-25(33)10-12-27(22)32)20-40-30-13-9-23(16-28(30)35)31(37)34-41(38,39)18-21/h3,7,9-10,12-13,15-16,21,24,26,29,36H,2,4-6,8,11,14,17-20H2,1H3,(H,34,37)/b7-3+/t21-,24-,26+,29-,32-/m0/s1. The summed E-state index contributed by atoms with van der Waals surface area (Å²) < 4.78 is 34.7. The Balaban J connectivity index is 1.41. The van der Waals surface area contributed by atoms with Crippen LogP contribution in [0.5, 0.6) is 5.75 Å². The van der Waals surface area contributed by atoms with Crippen molar-refractivity contribution in [2.75, 3.05) is 30.3 Å². The quantitative estimate of drug-likeness (QED) is 0.436. The highest BCUT2D eigenvalue weighted by atomic mass is 35.5. The minimum atomic E-state index is -3.84. The predicted octanol–water partition coefficient (Wildman–Crippen LogP) is 5.25. The van der Waals surface area contributed by atoms with Crippen LogP contribution in [0, 0.1) is 17.8 Å². The summed E-state index contributed by atoms with van der Waals surface area (Å²) in [5.74, 6) is 0.196. The molecule has 0 unspecified atom stereocenters. The van der Waals surface area contributed by atoms with E-state index in [0.29, 0.717) is 37.7 Å². The van der Waals surface area contributed by atoms with Crippen LogP contribution in [0.15, 0.2) is 48.6 Å². The average molecular weight is 599 g/mol. The fourth-order valence-electron chi connectivity index (χ4n) is 7.27. The summed E-state index contributed by atoms with van der Waals surface area (Å²) >= 11 is 6.38. The molecule has 2 aliphatic carbocycles. The topological polar surface area (TPSA) is 95.9 Å². The Labute approximate surface area is 248 Å². The Hall–Kier alpha value is -2.55. The van der Waals surface area contributed by atoms with Gasteiger partial charge in [-0.1, -0.05) is 43.2 Å². The number of nitrogens with one attached hydrogen (secondary N) is 1. The van der Waals surface area contributed by atoms with Crippen molar-refractivity contribution < 1.29 is 23.1 Å². The van der Waals surface area contributed by atoms with Crippen molar-refractivity contribution in [3.63, 3.8) is 0 Å². The predicted molar refractivity (Wildman–Crippen MR) is 161 cm³/mol. The highest BCUT2D eigenvalue weighted by Crippen LogP contribution is 2.46. The molecule has 2 aromatic carbocycles. The van der Waals surface area contributed by atoms with E-state index in [9.17, 15) is 18.3 Å². The van der Waals surface area contributed by atoms with Gasteiger partial charge in [-0.2, -0.15) is 0 Å². The molecule has 7 nitrogen and oxygen atoms in total. The van der Waals surface area contributed by atoms with Crippen molar-refractivity contribution in [2.45, 2.75) is 63.4 Å². The summed E-state index contributed by atoms with van der Waals surface area (Å²) in [6, 6.07) is 11.4. The van der Waals surface area contributed by atoms with E-state index in [1.165, 1.54) is 11.1 Å². The van der Waals surface area contributed by atoms with Crippen molar-refractivity contribution in [1.29, 1.82) is 0 Å². The van der Waals surface area contributed by atoms with Gasteiger partial charge in [0.05, 0.1) is 24.2 Å². The maximum atomic E-state index is 13.2. The second-order valence-corrected chi connectivity index (χ2v) is 14.6. The van der Waals surface area contributed by atoms with Crippen molar-refractivity contribution >= 4 is 33.2 Å². The number of fused-ring (bicyclic) bond motifs is 4. The van der Waals surface area contributed by atoms with Crippen molar-refractivity contribution in [2.24, 2.45) is 17.8 Å². The minimum Gasteiger partial charge on any atom is -0.490 e. The smallest absolute Gasteiger partial charge is 0.264 e. The second-order valence-electron chi connectivity index (χ2n) is 12.4. The van der Waals surface area contributed by atoms with E-state index in [1.54, 1.807) is 18.2 Å². The lowest BCUT2D eigenvalue weighted by molar-refractivity contribution is 0.0456. The van der Waals surface area contributed by atoms with Gasteiger partial charge in [0.25, 0.3) is 5.91 Å². The van der Waals surface area contributed by atoms with Gasteiger partial charge < -0.3 is 14.7 Å². The number of allylic oxidation sites excluding steroid dienone is 1. The summed E-state index contributed by atoms with van der Waals surface area (Å²) in [4.78, 5) is 15.6. The molecule has 0 aromatic heterocycles. The number of aliphatic hydroxyl groups excluding tert-OH is 1. The van der Waals surface area contributed by atoms with Crippen LogP contribution in [0.25, 0.3) is 0 Å². The molecule has 1 fully saturated rings. The van der Waals surface area contributed by atoms with Gasteiger partial charge in [0, 0.05) is 29.1 Å². The molecule has 1 amide bonds. The summed E-state index contributed by atoms with van der Waals surface area (Å²) in [7, 11) is -3.84. The zero-order valence-corrected chi connectivity index (χ0v) is 25.1. The van der Waals surface area contributed by atoms with Gasteiger partial charge in [0.15, 0.2) is 0 Å². The molecule has 2 N–H and O–H groups in total. The van der Waals surface area contributed by atoms with Crippen LogP contribution in [0.3, 0.4) is 0 Å². The number of carbonyl (C=O) groups is 1. The van der Waals surface area contributed by atoms with E-state index in [1.807, 2.05) is 25.1 Å². The molecule has 9 heteroatoms. The number of anilines is 1. The van der Waals surface area contributed by atoms with Gasteiger partial charge in [-0.15, -0.1) is 0 Å². The number of benzene rings is 2. The highest BCUT2D eigenvalue weighted by Gasteiger charge is 2.44. The Morgan fingerprint density at radius 2 is 2.05 bits per heavy atom. The molecule has 1 spiro atoms. The van der Waals surface area contributed by atoms with Gasteiger partial charge in [-0.25, -0.2) is 13.1 Å². The number of rotatable bonds is 1. The minimum absolute atomic E-state index is 0.135. The van der Waals surface area contributed by atoms with Crippen molar-refractivity contribution in [1.82, 2.24) is 4.72 Å². The van der Waals surface area contributed by atoms with E-state index in [0.717, 1.165) is 49.4 Å². The summed E-state index contributed by atoms with van der Waals surface area (Å²) in [5.41, 5.74) is 3.35. The third-order valence-electron chi connectivity index (χ3n) is 9.75. The number of nitrogens with zero attached hydrogens (tertiary/aromatic N) is 1. The molecule has 2 heterocycles. The van der Waals surface area contributed by atoms with Crippen LogP contribution in [-0.4, -0.2) is 51.0 Å². The number of carbonyl (C=O) groups excluding carboxylic acids is 1. The van der Waals surface area contributed by atoms with Crippen molar-refractivity contribution in [3.05, 3.63) is 70.3 Å². The lowest BCUT2D eigenvalue weighted by Crippen LogP contribution is -2.49. The summed E-state index contributed by atoms with van der Waals surface area (Å²) in [5, 5.41) is 11.8. The summed E-state index contributed by atoms with van der Waals surface area (Å²) in [6.45, 7) is 3.87. The fraction of sp³-hybridized carbons (Fsp3) is 0.531. The van der Waals surface area contributed by atoms with Gasteiger partial charge >= 0.3 is 0 Å². The largest absolute Gasteiger partial charge is 0.490 e. The number of halogens is 1. The molecule has 2 bridgehead atoms. The first kappa shape index (κ1) is 28.6. The highest BCUT2D eigenvalue weighted by molar-refractivity contribution is 7.90. The molecule has 2 aromatic rings. The van der Waals surface area contributed by atoms with Crippen LogP contribution in [-0.2, 0) is 21.9 Å². The molecule has 4 aliphatic rings. The van der Waals surface area contributed by atoms with Crippen LogP contribution in [0.2, 0.25) is 5.02 Å². The Kier molecular flexibility index (Phi) is 7.85. The molecule has 0 radical (unpaired) electrons. The number of aryl methyl sites for hydroxylation is 1. The number of ether oxygens (including phenoxy) is 1. The van der Waals surface area contributed by atoms with E-state index >= 15 is 0 Å². The zero-order chi connectivity index (χ0) is 28.8. The number of hydrogen-bond acceptors (Lipinski definition) is 6. The molecule has 41 heavy (non-hydrogen) atoms. The third kappa shape index (κ3) is 5.75. The molecular formula is C32H39ClN2O5S. The second kappa shape index (κ2) is 11.3. The Morgan fingerprint density at radius 1 is 1.20 bits per heavy atom. The third-order valence-corrected chi connectivity index (χ3v) is 11.4. The SMILES string of the molecule is CC[C@H]1C/C=C/[C@H](O)[C@@H]2CC[C@H]2CN2C[C@@]3(CCCc4cc(Cl)ccc43)COc3ccc(cc32)C(=O)NS(=O)(=O)C1. The normalized spacial score (nSPS) is 32.0. The van der Waals surface area contributed by atoms with Gasteiger partial charge in [0.2, 0.25) is 10.0 Å². The fourth-order valence-corrected chi connectivity index (χ4v) is 8.94. The van der Waals surface area contributed by atoms with Gasteiger partial charge in [-0.05, 0) is 97.7 Å². The molecule has 220 valence electrons.